The number of aromatic nitrogens is 2. The number of nitrogens with zero attached hydrogens (tertiary/aromatic N) is 3. The standard InChI is InChI=1S/C21H26N4O2/c1-24(2)18-12-25(13-19(18)26)11-14-4-5-20(27-3)17(8-14)16-9-15-6-7-22-21(15)23-10-16/h4-10,18-19,26H,11-13H2,1-3H3,(H,22,23)/t18-,19-/m0/s1. The first-order chi connectivity index (χ1) is 13.0. The summed E-state index contributed by atoms with van der Waals surface area (Å²) >= 11 is 0. The number of aliphatic hydroxyl groups is 1. The predicted octanol–water partition coefficient (Wildman–Crippen LogP) is 2.35. The van der Waals surface area contributed by atoms with E-state index in [1.54, 1.807) is 7.11 Å². The fourth-order valence-corrected chi connectivity index (χ4v) is 3.91. The highest BCUT2D eigenvalue weighted by Gasteiger charge is 2.32. The molecule has 0 amide bonds. The van der Waals surface area contributed by atoms with Crippen LogP contribution in [0.25, 0.3) is 22.2 Å². The molecule has 4 rings (SSSR count). The van der Waals surface area contributed by atoms with Gasteiger partial charge in [0.2, 0.25) is 0 Å². The van der Waals surface area contributed by atoms with Gasteiger partial charge in [0.1, 0.15) is 11.4 Å². The summed E-state index contributed by atoms with van der Waals surface area (Å²) in [5.41, 5.74) is 4.16. The summed E-state index contributed by atoms with van der Waals surface area (Å²) in [7, 11) is 5.74. The van der Waals surface area contributed by atoms with Crippen molar-refractivity contribution < 1.29 is 9.84 Å². The van der Waals surface area contributed by atoms with Gasteiger partial charge in [-0.3, -0.25) is 4.90 Å². The lowest BCUT2D eigenvalue weighted by molar-refractivity contribution is 0.112. The van der Waals surface area contributed by atoms with Crippen molar-refractivity contribution in [3.63, 3.8) is 0 Å². The third-order valence-electron chi connectivity index (χ3n) is 5.38. The average Bonchev–Trinajstić information content (AvgIpc) is 3.27. The molecule has 2 N–H and O–H groups in total. The molecular weight excluding hydrogens is 340 g/mol. The lowest BCUT2D eigenvalue weighted by Crippen LogP contribution is -2.37. The monoisotopic (exact) mass is 366 g/mol. The highest BCUT2D eigenvalue weighted by Crippen LogP contribution is 2.32. The summed E-state index contributed by atoms with van der Waals surface area (Å²) in [6.45, 7) is 2.37. The molecule has 3 aromatic rings. The number of likely N-dealkylation sites (tertiary alicyclic amines) is 1. The molecule has 27 heavy (non-hydrogen) atoms. The van der Waals surface area contributed by atoms with E-state index in [9.17, 15) is 5.11 Å². The van der Waals surface area contributed by atoms with Gasteiger partial charge in [-0.15, -0.1) is 0 Å². The minimum Gasteiger partial charge on any atom is -0.496 e. The number of methoxy groups -OCH3 is 1. The molecule has 6 nitrogen and oxygen atoms in total. The maximum absolute atomic E-state index is 10.3. The number of aliphatic hydroxyl groups excluding tert-OH is 1. The zero-order valence-corrected chi connectivity index (χ0v) is 16.0. The molecule has 1 aliphatic rings. The average molecular weight is 366 g/mol. The Bertz CT molecular complexity index is 937. The number of likely N-dealkylation sites (N-methyl/N-ethyl adjacent to an activating group) is 1. The molecule has 3 heterocycles. The number of hydrogen-bond acceptors (Lipinski definition) is 5. The van der Waals surface area contributed by atoms with Crippen LogP contribution in [0.3, 0.4) is 0 Å². The van der Waals surface area contributed by atoms with Gasteiger partial charge in [0.05, 0.1) is 13.2 Å². The van der Waals surface area contributed by atoms with Gasteiger partial charge < -0.3 is 19.7 Å². The first kappa shape index (κ1) is 18.0. The molecule has 2 atom stereocenters. The van der Waals surface area contributed by atoms with Crippen LogP contribution in [0.1, 0.15) is 5.56 Å². The largest absolute Gasteiger partial charge is 0.496 e. The van der Waals surface area contributed by atoms with Gasteiger partial charge in [-0.25, -0.2) is 4.98 Å². The van der Waals surface area contributed by atoms with Crippen LogP contribution < -0.4 is 4.74 Å². The van der Waals surface area contributed by atoms with Crippen molar-refractivity contribution in [1.82, 2.24) is 19.8 Å². The van der Waals surface area contributed by atoms with Gasteiger partial charge >= 0.3 is 0 Å². The molecule has 1 saturated heterocycles. The summed E-state index contributed by atoms with van der Waals surface area (Å²) in [5, 5.41) is 11.4. The second kappa shape index (κ2) is 7.31. The third-order valence-corrected chi connectivity index (χ3v) is 5.38. The number of aromatic amines is 1. The van der Waals surface area contributed by atoms with Crippen molar-refractivity contribution in [1.29, 1.82) is 0 Å². The Morgan fingerprint density at radius 2 is 2.11 bits per heavy atom. The minimum absolute atomic E-state index is 0.183. The fourth-order valence-electron chi connectivity index (χ4n) is 3.91. The Morgan fingerprint density at radius 3 is 2.85 bits per heavy atom. The van der Waals surface area contributed by atoms with Crippen LogP contribution in [0.4, 0.5) is 0 Å². The SMILES string of the molecule is COc1ccc(CN2C[C@H](O)[C@@H](N(C)C)C2)cc1-c1cnc2[nH]ccc2c1. The third kappa shape index (κ3) is 3.56. The highest BCUT2D eigenvalue weighted by atomic mass is 16.5. The zero-order valence-electron chi connectivity index (χ0n) is 16.0. The molecular formula is C21H26N4O2. The van der Waals surface area contributed by atoms with Crippen molar-refractivity contribution in [2.75, 3.05) is 34.3 Å². The van der Waals surface area contributed by atoms with E-state index >= 15 is 0 Å². The normalized spacial score (nSPS) is 20.6. The van der Waals surface area contributed by atoms with Crippen LogP contribution in [-0.4, -0.2) is 71.3 Å². The van der Waals surface area contributed by atoms with Gasteiger partial charge in [-0.1, -0.05) is 6.07 Å². The molecule has 1 aliphatic heterocycles. The Morgan fingerprint density at radius 1 is 1.26 bits per heavy atom. The number of pyridine rings is 1. The summed E-state index contributed by atoms with van der Waals surface area (Å²) in [6, 6.07) is 10.6. The molecule has 0 bridgehead atoms. The molecule has 0 spiro atoms. The van der Waals surface area contributed by atoms with Gasteiger partial charge in [0.15, 0.2) is 0 Å². The molecule has 1 aromatic carbocycles. The number of H-pyrrole nitrogens is 1. The molecule has 0 saturated carbocycles. The van der Waals surface area contributed by atoms with E-state index in [1.807, 2.05) is 38.6 Å². The van der Waals surface area contributed by atoms with Gasteiger partial charge in [0.25, 0.3) is 0 Å². The molecule has 0 unspecified atom stereocenters. The van der Waals surface area contributed by atoms with Crippen molar-refractivity contribution in [2.24, 2.45) is 0 Å². The number of benzene rings is 1. The summed E-state index contributed by atoms with van der Waals surface area (Å²) in [6.07, 6.45) is 3.47. The molecule has 6 heteroatoms. The number of ether oxygens (including phenoxy) is 1. The smallest absolute Gasteiger partial charge is 0.137 e. The molecule has 0 radical (unpaired) electrons. The van der Waals surface area contributed by atoms with Crippen LogP contribution in [0.2, 0.25) is 0 Å². The predicted molar refractivity (Wildman–Crippen MR) is 107 cm³/mol. The highest BCUT2D eigenvalue weighted by molar-refractivity contribution is 5.83. The Hall–Kier alpha value is -2.41. The van der Waals surface area contributed by atoms with E-state index in [1.165, 1.54) is 5.56 Å². The van der Waals surface area contributed by atoms with Crippen molar-refractivity contribution in [3.05, 3.63) is 48.3 Å². The van der Waals surface area contributed by atoms with Crippen LogP contribution in [0.5, 0.6) is 5.75 Å². The number of fused-ring (bicyclic) bond motifs is 1. The molecule has 2 aromatic heterocycles. The van der Waals surface area contributed by atoms with E-state index in [0.29, 0.717) is 6.54 Å². The van der Waals surface area contributed by atoms with Crippen molar-refractivity contribution in [2.45, 2.75) is 18.7 Å². The zero-order chi connectivity index (χ0) is 19.0. The second-order valence-corrected chi connectivity index (χ2v) is 7.47. The Labute approximate surface area is 159 Å². The van der Waals surface area contributed by atoms with Gasteiger partial charge in [-0.2, -0.15) is 0 Å². The van der Waals surface area contributed by atoms with E-state index in [-0.39, 0.29) is 12.1 Å². The number of β-amino-alcohol motifs (C(OH)–C–C–N with tert-alkyl or cyclic N) is 1. The van der Waals surface area contributed by atoms with Crippen LogP contribution in [0, 0.1) is 0 Å². The lowest BCUT2D eigenvalue weighted by atomic mass is 10.0. The lowest BCUT2D eigenvalue weighted by Gasteiger charge is -2.22. The summed E-state index contributed by atoms with van der Waals surface area (Å²) in [4.78, 5) is 12.0. The first-order valence-electron chi connectivity index (χ1n) is 9.22. The Balaban J connectivity index is 1.61. The van der Waals surface area contributed by atoms with Crippen LogP contribution in [-0.2, 0) is 6.54 Å². The van der Waals surface area contributed by atoms with E-state index in [0.717, 1.165) is 41.0 Å². The van der Waals surface area contributed by atoms with Gasteiger partial charge in [0, 0.05) is 54.6 Å². The maximum atomic E-state index is 10.3. The summed E-state index contributed by atoms with van der Waals surface area (Å²) < 4.78 is 5.59. The van der Waals surface area contributed by atoms with E-state index in [4.69, 9.17) is 4.74 Å². The number of nitrogens with one attached hydrogen (secondary N) is 1. The maximum Gasteiger partial charge on any atom is 0.137 e. The van der Waals surface area contributed by atoms with Crippen molar-refractivity contribution in [3.8, 4) is 16.9 Å². The quantitative estimate of drug-likeness (QED) is 0.726. The molecule has 0 aliphatic carbocycles. The molecule has 1 fully saturated rings. The van der Waals surface area contributed by atoms with Crippen LogP contribution >= 0.6 is 0 Å². The fraction of sp³-hybridized carbons (Fsp3) is 0.381. The van der Waals surface area contributed by atoms with Crippen molar-refractivity contribution >= 4 is 11.0 Å². The van der Waals surface area contributed by atoms with E-state index in [2.05, 4.69) is 38.0 Å². The molecule has 142 valence electrons. The Kier molecular flexibility index (Phi) is 4.86. The summed E-state index contributed by atoms with van der Waals surface area (Å²) in [5.74, 6) is 0.836. The second-order valence-electron chi connectivity index (χ2n) is 7.47. The number of rotatable bonds is 5. The number of hydrogen-bond donors (Lipinski definition) is 2. The minimum atomic E-state index is -0.307. The topological polar surface area (TPSA) is 64.6 Å². The first-order valence-corrected chi connectivity index (χ1v) is 9.22. The van der Waals surface area contributed by atoms with Crippen LogP contribution in [0.15, 0.2) is 42.7 Å². The van der Waals surface area contributed by atoms with E-state index < -0.39 is 0 Å². The van der Waals surface area contributed by atoms with Gasteiger partial charge in [-0.05, 0) is 43.9 Å².